The maximum atomic E-state index is 14.3. The summed E-state index contributed by atoms with van der Waals surface area (Å²) in [6.45, 7) is 6.72. The average Bonchev–Trinajstić information content (AvgIpc) is 3.47. The number of alkyl halides is 3. The van der Waals surface area contributed by atoms with Gasteiger partial charge in [0.15, 0.2) is 0 Å². The van der Waals surface area contributed by atoms with E-state index in [4.69, 9.17) is 9.90 Å². The highest BCUT2D eigenvalue weighted by atomic mass is 19.4. The van der Waals surface area contributed by atoms with E-state index >= 15 is 0 Å². The number of urea groups is 1. The second kappa shape index (κ2) is 12.3. The highest BCUT2D eigenvalue weighted by molar-refractivity contribution is 6.04. The van der Waals surface area contributed by atoms with E-state index in [1.807, 2.05) is 12.1 Å². The molecule has 3 heterocycles. The standard InChI is InChI=1S/C27H29F4N7O2.CH2O2/c1-26(2)22-18(15-38(26)25(40)32-21-19(27(29,30)31)5-4-6-20(21)28)23(35-34-22)33-24(39)16-7-9-17(10-8-16)37-13-11-36(3)12-14-37;2-1-3/h4-10H,11-15H2,1-3H3,(H,32,40)(H2,33,34,35,39);1H,(H,2,3). The van der Waals surface area contributed by atoms with E-state index in [-0.39, 0.29) is 18.8 Å². The van der Waals surface area contributed by atoms with Gasteiger partial charge in [0.05, 0.1) is 29.0 Å². The van der Waals surface area contributed by atoms with E-state index in [0.717, 1.165) is 44.0 Å². The summed E-state index contributed by atoms with van der Waals surface area (Å²) in [5, 5.41) is 18.8. The summed E-state index contributed by atoms with van der Waals surface area (Å²) in [6.07, 6.45) is -4.86. The molecular weight excluding hydrogens is 574 g/mol. The van der Waals surface area contributed by atoms with Gasteiger partial charge in [-0.2, -0.15) is 18.3 Å². The molecule has 11 nitrogen and oxygen atoms in total. The van der Waals surface area contributed by atoms with Crippen LogP contribution in [0.3, 0.4) is 0 Å². The molecular formula is C28H31F4N7O4. The van der Waals surface area contributed by atoms with Gasteiger partial charge >= 0.3 is 12.2 Å². The van der Waals surface area contributed by atoms with Crippen LogP contribution in [0.4, 0.5) is 39.5 Å². The number of anilines is 3. The fraction of sp³-hybridized carbons (Fsp3) is 0.357. The third-order valence-electron chi connectivity index (χ3n) is 7.47. The zero-order chi connectivity index (χ0) is 31.5. The van der Waals surface area contributed by atoms with Crippen molar-refractivity contribution < 1.29 is 37.1 Å². The summed E-state index contributed by atoms with van der Waals surface area (Å²) >= 11 is 0. The number of H-pyrrole nitrogens is 1. The summed E-state index contributed by atoms with van der Waals surface area (Å²) in [6, 6.07) is 8.79. The highest BCUT2D eigenvalue weighted by Gasteiger charge is 2.45. The Morgan fingerprint density at radius 2 is 1.67 bits per heavy atom. The fourth-order valence-electron chi connectivity index (χ4n) is 5.07. The molecule has 0 bridgehead atoms. The Balaban J connectivity index is 0.00000135. The Kier molecular flexibility index (Phi) is 8.94. The van der Waals surface area contributed by atoms with Crippen molar-refractivity contribution in [3.05, 3.63) is 70.7 Å². The summed E-state index contributed by atoms with van der Waals surface area (Å²) in [5.74, 6) is -1.32. The van der Waals surface area contributed by atoms with Crippen LogP contribution in [0.5, 0.6) is 0 Å². The minimum Gasteiger partial charge on any atom is -0.483 e. The molecule has 0 aliphatic carbocycles. The van der Waals surface area contributed by atoms with E-state index < -0.39 is 40.7 Å². The van der Waals surface area contributed by atoms with Crippen LogP contribution in [0.1, 0.15) is 41.0 Å². The Morgan fingerprint density at radius 1 is 1.05 bits per heavy atom. The number of benzene rings is 2. The smallest absolute Gasteiger partial charge is 0.418 e. The second-order valence-electron chi connectivity index (χ2n) is 10.6. The third kappa shape index (κ3) is 6.56. The van der Waals surface area contributed by atoms with Gasteiger partial charge in [-0.3, -0.25) is 14.7 Å². The van der Waals surface area contributed by atoms with Crippen molar-refractivity contribution >= 4 is 35.6 Å². The predicted molar refractivity (Wildman–Crippen MR) is 150 cm³/mol. The Hall–Kier alpha value is -4.66. The molecule has 1 saturated heterocycles. The van der Waals surface area contributed by atoms with E-state index in [9.17, 15) is 27.2 Å². The number of para-hydroxylation sites is 1. The lowest BCUT2D eigenvalue weighted by atomic mass is 10.0. The number of hydrogen-bond donors (Lipinski definition) is 4. The van der Waals surface area contributed by atoms with E-state index in [0.29, 0.717) is 22.9 Å². The summed E-state index contributed by atoms with van der Waals surface area (Å²) < 4.78 is 54.6. The third-order valence-corrected chi connectivity index (χ3v) is 7.47. The molecule has 0 atom stereocenters. The van der Waals surface area contributed by atoms with Gasteiger partial charge in [0.25, 0.3) is 12.4 Å². The largest absolute Gasteiger partial charge is 0.483 e. The average molecular weight is 606 g/mol. The highest BCUT2D eigenvalue weighted by Crippen LogP contribution is 2.42. The van der Waals surface area contributed by atoms with Crippen LogP contribution < -0.4 is 15.5 Å². The number of likely N-dealkylation sites (N-methyl/N-ethyl adjacent to an activating group) is 1. The molecule has 1 aromatic heterocycles. The summed E-state index contributed by atoms with van der Waals surface area (Å²) in [5.41, 5.74) is -0.906. The topological polar surface area (TPSA) is 134 Å². The van der Waals surface area contributed by atoms with E-state index in [1.54, 1.807) is 26.0 Å². The number of aromatic amines is 1. The van der Waals surface area contributed by atoms with Crippen molar-refractivity contribution in [2.75, 3.05) is 48.8 Å². The van der Waals surface area contributed by atoms with Crippen molar-refractivity contribution in [3.63, 3.8) is 0 Å². The maximum absolute atomic E-state index is 14.3. The van der Waals surface area contributed by atoms with Crippen molar-refractivity contribution in [2.24, 2.45) is 0 Å². The van der Waals surface area contributed by atoms with Gasteiger partial charge in [-0.25, -0.2) is 9.18 Å². The van der Waals surface area contributed by atoms with Gasteiger partial charge in [0.2, 0.25) is 0 Å². The number of carbonyl (C=O) groups excluding carboxylic acids is 2. The quantitative estimate of drug-likeness (QED) is 0.253. The molecule has 0 spiro atoms. The monoisotopic (exact) mass is 605 g/mol. The molecule has 3 aromatic rings. The minimum atomic E-state index is -4.86. The number of aromatic nitrogens is 2. The molecule has 5 rings (SSSR count). The lowest BCUT2D eigenvalue weighted by Crippen LogP contribution is -2.44. The number of carboxylic acid groups (broad SMARTS) is 1. The fourth-order valence-corrected chi connectivity index (χ4v) is 5.07. The Morgan fingerprint density at radius 3 is 2.28 bits per heavy atom. The zero-order valence-electron chi connectivity index (χ0n) is 23.6. The van der Waals surface area contributed by atoms with Crippen LogP contribution in [0.2, 0.25) is 0 Å². The lowest BCUT2D eigenvalue weighted by Gasteiger charge is -2.34. The number of carbonyl (C=O) groups is 3. The summed E-state index contributed by atoms with van der Waals surface area (Å²) in [7, 11) is 2.08. The van der Waals surface area contributed by atoms with Crippen molar-refractivity contribution in [1.29, 1.82) is 0 Å². The van der Waals surface area contributed by atoms with Crippen molar-refractivity contribution in [2.45, 2.75) is 32.1 Å². The number of nitrogens with one attached hydrogen (secondary N) is 3. The second-order valence-corrected chi connectivity index (χ2v) is 10.6. The number of amides is 3. The van der Waals surface area contributed by atoms with Crippen LogP contribution >= 0.6 is 0 Å². The molecule has 43 heavy (non-hydrogen) atoms. The normalized spacial score (nSPS) is 16.2. The first-order valence-corrected chi connectivity index (χ1v) is 13.2. The van der Waals surface area contributed by atoms with Gasteiger partial charge < -0.3 is 30.4 Å². The van der Waals surface area contributed by atoms with Crippen LogP contribution in [-0.4, -0.2) is 76.7 Å². The number of piperazine rings is 1. The molecule has 4 N–H and O–H groups in total. The maximum Gasteiger partial charge on any atom is 0.418 e. The molecule has 230 valence electrons. The zero-order valence-corrected chi connectivity index (χ0v) is 23.6. The predicted octanol–water partition coefficient (Wildman–Crippen LogP) is 4.56. The Labute approximate surface area is 244 Å². The molecule has 3 amide bonds. The first-order valence-electron chi connectivity index (χ1n) is 13.2. The lowest BCUT2D eigenvalue weighted by molar-refractivity contribution is -0.137. The molecule has 0 radical (unpaired) electrons. The number of hydrogen-bond acceptors (Lipinski definition) is 6. The molecule has 1 fully saturated rings. The first kappa shape index (κ1) is 31.3. The molecule has 2 aromatic carbocycles. The van der Waals surface area contributed by atoms with Gasteiger partial charge in [-0.15, -0.1) is 0 Å². The van der Waals surface area contributed by atoms with E-state index in [2.05, 4.69) is 37.7 Å². The van der Waals surface area contributed by atoms with Gasteiger partial charge in [0, 0.05) is 43.0 Å². The SMILES string of the molecule is CN1CCN(c2ccc(C(=O)Nc3[nH]nc4c3CN(C(=O)Nc3c(F)cccc3C(F)(F)F)C4(C)C)cc2)CC1.O=CO. The minimum absolute atomic E-state index is 0.0710. The molecule has 2 aliphatic heterocycles. The number of fused-ring (bicyclic) bond motifs is 1. The van der Waals surface area contributed by atoms with Gasteiger partial charge in [-0.1, -0.05) is 6.07 Å². The number of nitrogens with zero attached hydrogens (tertiary/aromatic N) is 4. The van der Waals surface area contributed by atoms with E-state index in [1.165, 1.54) is 4.90 Å². The molecule has 15 heteroatoms. The Bertz CT molecular complexity index is 1480. The van der Waals surface area contributed by atoms with Crippen LogP contribution in [0.15, 0.2) is 42.5 Å². The van der Waals surface area contributed by atoms with Crippen molar-refractivity contribution in [3.8, 4) is 0 Å². The first-order chi connectivity index (χ1) is 20.3. The molecule has 0 saturated carbocycles. The van der Waals surface area contributed by atoms with Crippen molar-refractivity contribution in [1.82, 2.24) is 20.0 Å². The summed E-state index contributed by atoms with van der Waals surface area (Å²) in [4.78, 5) is 40.2. The van der Waals surface area contributed by atoms with Crippen LogP contribution in [0.25, 0.3) is 0 Å². The van der Waals surface area contributed by atoms with Gasteiger partial charge in [0.1, 0.15) is 11.6 Å². The number of halogens is 4. The molecule has 0 unspecified atom stereocenters. The molecule has 2 aliphatic rings. The number of rotatable bonds is 4. The van der Waals surface area contributed by atoms with Gasteiger partial charge in [-0.05, 0) is 57.3 Å². The van der Waals surface area contributed by atoms with Crippen LogP contribution in [-0.2, 0) is 23.1 Å². The van der Waals surface area contributed by atoms with Crippen LogP contribution in [0, 0.1) is 5.82 Å².